The fraction of sp³-hybridized carbons (Fsp3) is 0.381. The lowest BCUT2D eigenvalue weighted by Gasteiger charge is -2.34. The fourth-order valence-electron chi connectivity index (χ4n) is 3.48. The number of hydrogen-bond donors (Lipinski definition) is 0. The summed E-state index contributed by atoms with van der Waals surface area (Å²) in [5.74, 6) is 0.277. The Balaban J connectivity index is 1.20. The van der Waals surface area contributed by atoms with E-state index in [1.54, 1.807) is 11.3 Å². The second-order valence-electron chi connectivity index (χ2n) is 6.94. The molecule has 0 bridgehead atoms. The molecule has 1 aromatic carbocycles. The van der Waals surface area contributed by atoms with Crippen LogP contribution in [0, 0.1) is 0 Å². The van der Waals surface area contributed by atoms with Gasteiger partial charge in [0.25, 0.3) is 0 Å². The number of aryl methyl sites for hydroxylation is 1. The van der Waals surface area contributed by atoms with Crippen LogP contribution in [0.3, 0.4) is 0 Å². The van der Waals surface area contributed by atoms with E-state index in [1.807, 2.05) is 35.5 Å². The van der Waals surface area contributed by atoms with Crippen molar-refractivity contribution in [3.8, 4) is 0 Å². The third-order valence-electron chi connectivity index (χ3n) is 5.00. The Morgan fingerprint density at radius 3 is 2.59 bits per heavy atom. The van der Waals surface area contributed by atoms with Crippen molar-refractivity contribution in [2.45, 2.75) is 25.8 Å². The average molecular weight is 381 g/mol. The molecule has 0 saturated carbocycles. The summed E-state index contributed by atoms with van der Waals surface area (Å²) in [7, 11) is 0. The SMILES string of the molecule is O=C(CCCc1nc2ccccc2s1)N1CCN(Cc2ccncc2)CC1. The number of nitrogens with zero attached hydrogens (tertiary/aromatic N) is 4. The number of para-hydroxylation sites is 1. The summed E-state index contributed by atoms with van der Waals surface area (Å²) in [5, 5.41) is 1.13. The number of benzene rings is 1. The zero-order chi connectivity index (χ0) is 18.5. The van der Waals surface area contributed by atoms with Gasteiger partial charge < -0.3 is 4.90 Å². The molecular formula is C21H24N4OS. The van der Waals surface area contributed by atoms with Crippen LogP contribution in [0.4, 0.5) is 0 Å². The highest BCUT2D eigenvalue weighted by atomic mass is 32.1. The van der Waals surface area contributed by atoms with Gasteiger partial charge in [0, 0.05) is 51.5 Å². The Labute approximate surface area is 163 Å². The highest BCUT2D eigenvalue weighted by Crippen LogP contribution is 2.23. The van der Waals surface area contributed by atoms with Gasteiger partial charge in [-0.3, -0.25) is 14.7 Å². The number of thiazole rings is 1. The van der Waals surface area contributed by atoms with Crippen molar-refractivity contribution in [2.24, 2.45) is 0 Å². The predicted octanol–water partition coefficient (Wildman–Crippen LogP) is 3.36. The molecule has 0 spiro atoms. The van der Waals surface area contributed by atoms with Gasteiger partial charge >= 0.3 is 0 Å². The molecule has 5 nitrogen and oxygen atoms in total. The van der Waals surface area contributed by atoms with Gasteiger partial charge in [-0.1, -0.05) is 12.1 Å². The molecule has 140 valence electrons. The highest BCUT2D eigenvalue weighted by Gasteiger charge is 2.20. The Bertz CT molecular complexity index is 854. The lowest BCUT2D eigenvalue weighted by Crippen LogP contribution is -2.48. The molecule has 0 N–H and O–H groups in total. The minimum Gasteiger partial charge on any atom is -0.340 e. The monoisotopic (exact) mass is 380 g/mol. The smallest absolute Gasteiger partial charge is 0.222 e. The topological polar surface area (TPSA) is 49.3 Å². The van der Waals surface area contributed by atoms with Crippen LogP contribution in [0.15, 0.2) is 48.8 Å². The molecule has 0 radical (unpaired) electrons. The molecule has 3 heterocycles. The first-order valence-electron chi connectivity index (χ1n) is 9.51. The maximum Gasteiger partial charge on any atom is 0.222 e. The first-order chi connectivity index (χ1) is 13.3. The summed E-state index contributed by atoms with van der Waals surface area (Å²) >= 11 is 1.74. The zero-order valence-electron chi connectivity index (χ0n) is 15.4. The molecular weight excluding hydrogens is 356 g/mol. The van der Waals surface area contributed by atoms with Gasteiger partial charge in [0.1, 0.15) is 0 Å². The number of hydrogen-bond acceptors (Lipinski definition) is 5. The van der Waals surface area contributed by atoms with Crippen molar-refractivity contribution in [1.82, 2.24) is 19.8 Å². The fourth-order valence-corrected chi connectivity index (χ4v) is 4.49. The maximum absolute atomic E-state index is 12.5. The Morgan fingerprint density at radius 1 is 1.04 bits per heavy atom. The van der Waals surface area contributed by atoms with Gasteiger partial charge in [-0.25, -0.2) is 4.98 Å². The van der Waals surface area contributed by atoms with E-state index >= 15 is 0 Å². The molecule has 0 aliphatic carbocycles. The number of carbonyl (C=O) groups excluding carboxylic acids is 1. The summed E-state index contributed by atoms with van der Waals surface area (Å²) in [4.78, 5) is 25.6. The average Bonchev–Trinajstić information content (AvgIpc) is 3.12. The largest absolute Gasteiger partial charge is 0.340 e. The van der Waals surface area contributed by atoms with Crippen LogP contribution >= 0.6 is 11.3 Å². The Morgan fingerprint density at radius 2 is 1.81 bits per heavy atom. The molecule has 27 heavy (non-hydrogen) atoms. The van der Waals surface area contributed by atoms with Crippen molar-refractivity contribution >= 4 is 27.5 Å². The van der Waals surface area contributed by atoms with Gasteiger partial charge in [0.05, 0.1) is 15.2 Å². The third-order valence-corrected chi connectivity index (χ3v) is 6.10. The number of amides is 1. The molecule has 3 aromatic rings. The van der Waals surface area contributed by atoms with E-state index in [1.165, 1.54) is 10.3 Å². The van der Waals surface area contributed by atoms with Crippen LogP contribution in [0.1, 0.15) is 23.4 Å². The second kappa shape index (κ2) is 8.59. The molecule has 1 aliphatic heterocycles. The van der Waals surface area contributed by atoms with Crippen molar-refractivity contribution in [2.75, 3.05) is 26.2 Å². The van der Waals surface area contributed by atoms with Crippen molar-refractivity contribution in [3.63, 3.8) is 0 Å². The van der Waals surface area contributed by atoms with E-state index in [0.29, 0.717) is 6.42 Å². The Hall–Kier alpha value is -2.31. The van der Waals surface area contributed by atoms with Gasteiger partial charge in [-0.05, 0) is 42.7 Å². The van der Waals surface area contributed by atoms with Crippen LogP contribution in [-0.4, -0.2) is 51.9 Å². The van der Waals surface area contributed by atoms with Gasteiger partial charge in [0.15, 0.2) is 0 Å². The first kappa shape index (κ1) is 18.1. The molecule has 4 rings (SSSR count). The highest BCUT2D eigenvalue weighted by molar-refractivity contribution is 7.18. The van der Waals surface area contributed by atoms with E-state index in [2.05, 4.69) is 33.1 Å². The number of rotatable bonds is 6. The van der Waals surface area contributed by atoms with E-state index < -0.39 is 0 Å². The maximum atomic E-state index is 12.5. The number of pyridine rings is 1. The van der Waals surface area contributed by atoms with Crippen molar-refractivity contribution in [1.29, 1.82) is 0 Å². The number of fused-ring (bicyclic) bond motifs is 1. The van der Waals surface area contributed by atoms with Crippen molar-refractivity contribution < 1.29 is 4.79 Å². The van der Waals surface area contributed by atoms with Crippen LogP contribution in [0.2, 0.25) is 0 Å². The molecule has 0 unspecified atom stereocenters. The number of carbonyl (C=O) groups is 1. The predicted molar refractivity (Wildman–Crippen MR) is 109 cm³/mol. The van der Waals surface area contributed by atoms with Crippen LogP contribution in [0.5, 0.6) is 0 Å². The second-order valence-corrected chi connectivity index (χ2v) is 8.06. The van der Waals surface area contributed by atoms with E-state index in [4.69, 9.17) is 0 Å². The van der Waals surface area contributed by atoms with Crippen LogP contribution in [0.25, 0.3) is 10.2 Å². The van der Waals surface area contributed by atoms with Crippen LogP contribution < -0.4 is 0 Å². The summed E-state index contributed by atoms with van der Waals surface area (Å²) in [6, 6.07) is 12.3. The van der Waals surface area contributed by atoms with Crippen molar-refractivity contribution in [3.05, 3.63) is 59.4 Å². The first-order valence-corrected chi connectivity index (χ1v) is 10.3. The summed E-state index contributed by atoms with van der Waals surface area (Å²) in [6.07, 6.45) is 6.03. The molecule has 1 amide bonds. The minimum atomic E-state index is 0.277. The number of aromatic nitrogens is 2. The zero-order valence-corrected chi connectivity index (χ0v) is 16.2. The summed E-state index contributed by atoms with van der Waals surface area (Å²) in [5.41, 5.74) is 2.34. The van der Waals surface area contributed by atoms with Gasteiger partial charge in [-0.2, -0.15) is 0 Å². The molecule has 1 aliphatic rings. The molecule has 0 atom stereocenters. The molecule has 2 aromatic heterocycles. The number of piperazine rings is 1. The molecule has 1 fully saturated rings. The minimum absolute atomic E-state index is 0.277. The standard InChI is InChI=1S/C21H24N4OS/c26-21(7-3-6-20-23-18-4-1-2-5-19(18)27-20)25-14-12-24(13-15-25)16-17-8-10-22-11-9-17/h1-2,4-5,8-11H,3,6-7,12-16H2. The molecule has 1 saturated heterocycles. The third kappa shape index (κ3) is 4.70. The van der Waals surface area contributed by atoms with E-state index in [9.17, 15) is 4.79 Å². The van der Waals surface area contributed by atoms with Crippen LogP contribution in [-0.2, 0) is 17.8 Å². The Kier molecular flexibility index (Phi) is 5.75. The van der Waals surface area contributed by atoms with E-state index in [0.717, 1.165) is 56.1 Å². The van der Waals surface area contributed by atoms with Gasteiger partial charge in [0.2, 0.25) is 5.91 Å². The van der Waals surface area contributed by atoms with E-state index in [-0.39, 0.29) is 5.91 Å². The van der Waals surface area contributed by atoms with Gasteiger partial charge in [-0.15, -0.1) is 11.3 Å². The summed E-state index contributed by atoms with van der Waals surface area (Å²) < 4.78 is 1.23. The summed E-state index contributed by atoms with van der Waals surface area (Å²) in [6.45, 7) is 4.45. The lowest BCUT2D eigenvalue weighted by atomic mass is 10.2. The normalized spacial score (nSPS) is 15.3. The quantitative estimate of drug-likeness (QED) is 0.658. The molecule has 6 heteroatoms. The lowest BCUT2D eigenvalue weighted by molar-refractivity contribution is -0.133.